The minimum absolute atomic E-state index is 0.0736. The maximum atomic E-state index is 13.1. The van der Waals surface area contributed by atoms with Crippen LogP contribution in [-0.4, -0.2) is 72.2 Å². The van der Waals surface area contributed by atoms with Crippen molar-refractivity contribution in [3.05, 3.63) is 11.1 Å². The molecule has 1 amide bonds. The van der Waals surface area contributed by atoms with Gasteiger partial charge in [-0.25, -0.2) is 4.98 Å². The van der Waals surface area contributed by atoms with E-state index in [2.05, 4.69) is 25.5 Å². The first kappa shape index (κ1) is 18.2. The quantitative estimate of drug-likeness (QED) is 0.852. The topological polar surface area (TPSA) is 57.7 Å². The van der Waals surface area contributed by atoms with Crippen molar-refractivity contribution in [2.24, 2.45) is 5.92 Å². The van der Waals surface area contributed by atoms with E-state index in [9.17, 15) is 4.79 Å². The number of hydrogen-bond acceptors (Lipinski definition) is 6. The lowest BCUT2D eigenvalue weighted by Gasteiger charge is -2.42. The van der Waals surface area contributed by atoms with Crippen LogP contribution < -0.4 is 5.32 Å². The summed E-state index contributed by atoms with van der Waals surface area (Å²) in [5.41, 5.74) is 1.06. The number of piperidine rings is 1. The third-order valence-corrected chi connectivity index (χ3v) is 6.89. The summed E-state index contributed by atoms with van der Waals surface area (Å²) < 4.78 is 5.65. The number of ether oxygens (including phenoxy) is 1. The Labute approximate surface area is 159 Å². The van der Waals surface area contributed by atoms with Gasteiger partial charge in [0.15, 0.2) is 5.13 Å². The second-order valence-electron chi connectivity index (χ2n) is 7.92. The zero-order valence-corrected chi connectivity index (χ0v) is 16.5. The molecular weight excluding hydrogens is 348 g/mol. The second-order valence-corrected chi connectivity index (χ2v) is 8.78. The lowest BCUT2D eigenvalue weighted by Crippen LogP contribution is -2.57. The molecule has 7 heteroatoms. The van der Waals surface area contributed by atoms with E-state index in [4.69, 9.17) is 4.74 Å². The van der Waals surface area contributed by atoms with E-state index in [0.29, 0.717) is 12.6 Å². The van der Waals surface area contributed by atoms with Crippen molar-refractivity contribution in [1.29, 1.82) is 0 Å². The number of aromatic nitrogens is 1. The Morgan fingerprint density at radius 3 is 2.77 bits per heavy atom. The highest BCUT2D eigenvalue weighted by atomic mass is 32.1. The summed E-state index contributed by atoms with van der Waals surface area (Å²) in [6, 6.07) is 0.341. The fourth-order valence-corrected chi connectivity index (χ4v) is 4.91. The van der Waals surface area contributed by atoms with E-state index in [1.165, 1.54) is 19.3 Å². The first-order valence-corrected chi connectivity index (χ1v) is 10.9. The number of amides is 1. The Morgan fingerprint density at radius 2 is 2.12 bits per heavy atom. The van der Waals surface area contributed by atoms with Gasteiger partial charge in [-0.3, -0.25) is 9.69 Å². The molecule has 0 unspecified atom stereocenters. The molecule has 3 fully saturated rings. The molecular formula is C19H30N4O2S. The van der Waals surface area contributed by atoms with Gasteiger partial charge in [0.2, 0.25) is 5.91 Å². The Bertz CT molecular complexity index is 610. The van der Waals surface area contributed by atoms with Crippen LogP contribution in [-0.2, 0) is 9.53 Å². The van der Waals surface area contributed by atoms with Gasteiger partial charge in [0.25, 0.3) is 0 Å². The van der Waals surface area contributed by atoms with E-state index in [1.807, 2.05) is 6.92 Å². The van der Waals surface area contributed by atoms with E-state index in [1.54, 1.807) is 11.3 Å². The van der Waals surface area contributed by atoms with Crippen molar-refractivity contribution in [3.8, 4) is 0 Å². The lowest BCUT2D eigenvalue weighted by atomic mass is 9.84. The molecule has 3 aliphatic rings. The predicted molar refractivity (Wildman–Crippen MR) is 104 cm³/mol. The molecule has 1 aliphatic carbocycles. The monoisotopic (exact) mass is 378 g/mol. The summed E-state index contributed by atoms with van der Waals surface area (Å²) >= 11 is 1.66. The van der Waals surface area contributed by atoms with Crippen LogP contribution in [0.25, 0.3) is 0 Å². The van der Waals surface area contributed by atoms with Gasteiger partial charge in [-0.15, -0.1) is 11.3 Å². The molecule has 2 saturated heterocycles. The molecule has 6 nitrogen and oxygen atoms in total. The molecule has 26 heavy (non-hydrogen) atoms. The number of carbonyl (C=O) groups excluding carboxylic acids is 1. The van der Waals surface area contributed by atoms with Crippen LogP contribution in [0.2, 0.25) is 0 Å². The number of anilines is 1. The van der Waals surface area contributed by atoms with Crippen LogP contribution in [0, 0.1) is 12.8 Å². The van der Waals surface area contributed by atoms with Crippen molar-refractivity contribution in [2.75, 3.05) is 44.7 Å². The molecule has 0 spiro atoms. The zero-order valence-electron chi connectivity index (χ0n) is 15.7. The summed E-state index contributed by atoms with van der Waals surface area (Å²) in [7, 11) is 0. The summed E-state index contributed by atoms with van der Waals surface area (Å²) in [6.45, 7) is 6.96. The Hall–Kier alpha value is -1.18. The van der Waals surface area contributed by atoms with Gasteiger partial charge in [-0.2, -0.15) is 0 Å². The van der Waals surface area contributed by atoms with Gasteiger partial charge in [-0.05, 0) is 38.5 Å². The largest absolute Gasteiger partial charge is 0.378 e. The Morgan fingerprint density at radius 1 is 1.31 bits per heavy atom. The maximum absolute atomic E-state index is 13.1. The van der Waals surface area contributed by atoms with E-state index in [0.717, 1.165) is 62.4 Å². The highest BCUT2D eigenvalue weighted by Gasteiger charge is 2.36. The first-order valence-electron chi connectivity index (χ1n) is 9.98. The molecule has 1 saturated carbocycles. The fraction of sp³-hybridized carbons (Fsp3) is 0.789. The van der Waals surface area contributed by atoms with Crippen LogP contribution in [0.3, 0.4) is 0 Å². The van der Waals surface area contributed by atoms with Gasteiger partial charge in [0.05, 0.1) is 18.9 Å². The van der Waals surface area contributed by atoms with Gasteiger partial charge in [-0.1, -0.05) is 6.42 Å². The zero-order chi connectivity index (χ0) is 17.9. The number of nitrogens with zero attached hydrogens (tertiary/aromatic N) is 3. The fourth-order valence-electron chi connectivity index (χ4n) is 4.14. The summed E-state index contributed by atoms with van der Waals surface area (Å²) in [5.74, 6) is 1.06. The molecule has 1 atom stereocenters. The number of aryl methyl sites for hydroxylation is 1. The van der Waals surface area contributed by atoms with E-state index in [-0.39, 0.29) is 11.9 Å². The number of nitrogens with one attached hydrogen (secondary N) is 1. The molecule has 1 aromatic rings. The van der Waals surface area contributed by atoms with Crippen molar-refractivity contribution in [2.45, 2.75) is 51.1 Å². The van der Waals surface area contributed by atoms with Crippen LogP contribution in [0.15, 0.2) is 5.38 Å². The third-order valence-electron chi connectivity index (χ3n) is 6.00. The molecule has 1 aromatic heterocycles. The molecule has 1 N–H and O–H groups in total. The van der Waals surface area contributed by atoms with Gasteiger partial charge < -0.3 is 15.0 Å². The standard InChI is InChI=1S/C19H30N4O2S/c1-14-13-26-19(20-14)21-16-5-7-22(8-6-16)18(24)17-12-25-10-9-23(17)11-15-3-2-4-15/h13,15-17H,2-12H2,1H3,(H,20,21)/t17-/m0/s1. The third kappa shape index (κ3) is 4.21. The van der Waals surface area contributed by atoms with Crippen LogP contribution in [0.4, 0.5) is 5.13 Å². The van der Waals surface area contributed by atoms with Crippen LogP contribution in [0.5, 0.6) is 0 Å². The highest BCUT2D eigenvalue weighted by Crippen LogP contribution is 2.29. The molecule has 3 heterocycles. The minimum atomic E-state index is -0.0736. The second kappa shape index (κ2) is 8.23. The van der Waals surface area contributed by atoms with Gasteiger partial charge >= 0.3 is 0 Å². The summed E-state index contributed by atoms with van der Waals surface area (Å²) in [6.07, 6.45) is 5.98. The smallest absolute Gasteiger partial charge is 0.242 e. The average molecular weight is 379 g/mol. The summed E-state index contributed by atoms with van der Waals surface area (Å²) in [5, 5.41) is 6.59. The number of thiazole rings is 1. The molecule has 2 aliphatic heterocycles. The van der Waals surface area contributed by atoms with Gasteiger partial charge in [0.1, 0.15) is 6.04 Å². The number of carbonyl (C=O) groups is 1. The average Bonchev–Trinajstić information content (AvgIpc) is 3.03. The number of hydrogen-bond donors (Lipinski definition) is 1. The van der Waals surface area contributed by atoms with Crippen molar-refractivity contribution >= 4 is 22.4 Å². The first-order chi connectivity index (χ1) is 12.7. The van der Waals surface area contributed by atoms with Crippen molar-refractivity contribution < 1.29 is 9.53 Å². The highest BCUT2D eigenvalue weighted by molar-refractivity contribution is 7.13. The molecule has 0 aromatic carbocycles. The normalized spacial score (nSPS) is 25.9. The minimum Gasteiger partial charge on any atom is -0.378 e. The number of likely N-dealkylation sites (tertiary alicyclic amines) is 1. The number of morpholine rings is 1. The van der Waals surface area contributed by atoms with Gasteiger partial charge in [0, 0.05) is 37.6 Å². The summed E-state index contributed by atoms with van der Waals surface area (Å²) in [4.78, 5) is 22.0. The lowest BCUT2D eigenvalue weighted by molar-refractivity contribution is -0.145. The molecule has 4 rings (SSSR count). The van der Waals surface area contributed by atoms with E-state index >= 15 is 0 Å². The van der Waals surface area contributed by atoms with Crippen LogP contribution >= 0.6 is 11.3 Å². The maximum Gasteiger partial charge on any atom is 0.242 e. The number of rotatable bonds is 5. The van der Waals surface area contributed by atoms with Crippen LogP contribution in [0.1, 0.15) is 37.8 Å². The Balaban J connectivity index is 1.29. The van der Waals surface area contributed by atoms with Crippen molar-refractivity contribution in [1.82, 2.24) is 14.8 Å². The SMILES string of the molecule is Cc1csc(NC2CCN(C(=O)[C@@H]3COCCN3CC3CCC3)CC2)n1. The van der Waals surface area contributed by atoms with E-state index < -0.39 is 0 Å². The molecule has 0 bridgehead atoms. The molecule has 0 radical (unpaired) electrons. The molecule has 144 valence electrons. The Kier molecular flexibility index (Phi) is 5.76. The van der Waals surface area contributed by atoms with Crippen molar-refractivity contribution in [3.63, 3.8) is 0 Å². The predicted octanol–water partition coefficient (Wildman–Crippen LogP) is 2.36.